The Morgan fingerprint density at radius 1 is 1.03 bits per heavy atom. The maximum absolute atomic E-state index is 5.30. The van der Waals surface area contributed by atoms with Gasteiger partial charge >= 0.3 is 0 Å². The second kappa shape index (κ2) is 7.05. The van der Waals surface area contributed by atoms with Crippen LogP contribution in [-0.2, 0) is 0 Å². The molecule has 0 aliphatic heterocycles. The van der Waals surface area contributed by atoms with Gasteiger partial charge in [-0.2, -0.15) is 5.10 Å². The molecule has 8 heteroatoms. The van der Waals surface area contributed by atoms with Crippen LogP contribution in [0.4, 0.5) is 0 Å². The molecule has 0 spiro atoms. The van der Waals surface area contributed by atoms with Crippen LogP contribution in [0.5, 0.6) is 5.75 Å². The number of pyridine rings is 2. The monoisotopic (exact) mass is 421 g/mol. The molecular formula is C24H19N7O. The fourth-order valence-electron chi connectivity index (χ4n) is 3.96. The van der Waals surface area contributed by atoms with Crippen LogP contribution in [0, 0.1) is 6.92 Å². The average Bonchev–Trinajstić information content (AvgIpc) is 3.55. The van der Waals surface area contributed by atoms with Crippen LogP contribution < -0.4 is 4.74 Å². The zero-order valence-electron chi connectivity index (χ0n) is 17.5. The molecule has 0 atom stereocenters. The van der Waals surface area contributed by atoms with E-state index in [1.165, 1.54) is 0 Å². The number of nitrogens with one attached hydrogen (secondary N) is 2. The summed E-state index contributed by atoms with van der Waals surface area (Å²) in [7, 11) is 1.63. The maximum Gasteiger partial charge on any atom is 0.137 e. The van der Waals surface area contributed by atoms with Crippen molar-refractivity contribution in [2.24, 2.45) is 0 Å². The van der Waals surface area contributed by atoms with Crippen molar-refractivity contribution in [1.29, 1.82) is 0 Å². The Labute approximate surface area is 182 Å². The lowest BCUT2D eigenvalue weighted by molar-refractivity contribution is 0.413. The molecule has 0 saturated carbocycles. The number of fused-ring (bicyclic) bond motifs is 2. The van der Waals surface area contributed by atoms with E-state index >= 15 is 0 Å². The molecular weight excluding hydrogens is 402 g/mol. The summed E-state index contributed by atoms with van der Waals surface area (Å²) in [5.41, 5.74) is 8.05. The van der Waals surface area contributed by atoms with Crippen molar-refractivity contribution in [2.75, 3.05) is 7.11 Å². The molecule has 5 aromatic heterocycles. The Bertz CT molecular complexity index is 1590. The van der Waals surface area contributed by atoms with Gasteiger partial charge in [-0.15, -0.1) is 0 Å². The highest BCUT2D eigenvalue weighted by atomic mass is 16.5. The van der Waals surface area contributed by atoms with E-state index in [1.807, 2.05) is 48.3 Å². The van der Waals surface area contributed by atoms with Crippen molar-refractivity contribution in [1.82, 2.24) is 34.7 Å². The van der Waals surface area contributed by atoms with Crippen LogP contribution in [0.3, 0.4) is 0 Å². The molecule has 0 fully saturated rings. The molecule has 0 saturated heterocycles. The van der Waals surface area contributed by atoms with Crippen LogP contribution >= 0.6 is 0 Å². The molecule has 0 aliphatic carbocycles. The van der Waals surface area contributed by atoms with Gasteiger partial charge in [-0.25, -0.2) is 9.97 Å². The van der Waals surface area contributed by atoms with Crippen molar-refractivity contribution in [3.8, 4) is 34.1 Å². The minimum Gasteiger partial charge on any atom is -0.495 e. The molecule has 2 N–H and O–H groups in total. The summed E-state index contributed by atoms with van der Waals surface area (Å²) in [6.45, 7) is 1.98. The third kappa shape index (κ3) is 2.92. The van der Waals surface area contributed by atoms with Crippen LogP contribution in [0.15, 0.2) is 67.4 Å². The van der Waals surface area contributed by atoms with Crippen LogP contribution in [-0.4, -0.2) is 41.8 Å². The van der Waals surface area contributed by atoms with Crippen molar-refractivity contribution < 1.29 is 4.74 Å². The lowest BCUT2D eigenvalue weighted by Gasteiger charge is -2.04. The highest BCUT2D eigenvalue weighted by Gasteiger charge is 2.15. The number of ether oxygens (including phenoxy) is 1. The Hall–Kier alpha value is -4.46. The molecule has 0 bridgehead atoms. The third-order valence-corrected chi connectivity index (χ3v) is 5.54. The molecule has 0 amide bonds. The van der Waals surface area contributed by atoms with Crippen LogP contribution in [0.25, 0.3) is 50.3 Å². The quantitative estimate of drug-likeness (QED) is 0.431. The second-order valence-electron chi connectivity index (χ2n) is 7.62. The topological polar surface area (TPSA) is 97.3 Å². The number of aryl methyl sites for hydroxylation is 1. The summed E-state index contributed by atoms with van der Waals surface area (Å²) in [5.74, 6) is 0.690. The van der Waals surface area contributed by atoms with E-state index < -0.39 is 0 Å². The lowest BCUT2D eigenvalue weighted by Crippen LogP contribution is -1.89. The predicted octanol–water partition coefficient (Wildman–Crippen LogP) is 4.67. The van der Waals surface area contributed by atoms with Gasteiger partial charge in [0.05, 0.1) is 47.9 Å². The smallest absolute Gasteiger partial charge is 0.137 e. The van der Waals surface area contributed by atoms with Crippen molar-refractivity contribution in [2.45, 2.75) is 6.92 Å². The first-order valence-corrected chi connectivity index (χ1v) is 10.2. The number of methoxy groups -OCH3 is 1. The van der Waals surface area contributed by atoms with E-state index in [4.69, 9.17) is 9.72 Å². The van der Waals surface area contributed by atoms with Gasteiger partial charge in [-0.3, -0.25) is 10.1 Å². The van der Waals surface area contributed by atoms with Gasteiger partial charge in [0, 0.05) is 28.9 Å². The number of aromatic nitrogens is 7. The summed E-state index contributed by atoms with van der Waals surface area (Å²) in [6, 6.07) is 14.1. The molecule has 6 aromatic rings. The summed E-state index contributed by atoms with van der Waals surface area (Å²) >= 11 is 0. The number of hydrogen-bond acceptors (Lipinski definition) is 5. The summed E-state index contributed by atoms with van der Waals surface area (Å²) < 4.78 is 7.34. The molecule has 6 rings (SSSR count). The van der Waals surface area contributed by atoms with Gasteiger partial charge in [-0.1, -0.05) is 6.07 Å². The van der Waals surface area contributed by atoms with E-state index in [0.717, 1.165) is 56.0 Å². The Morgan fingerprint density at radius 2 is 1.97 bits per heavy atom. The third-order valence-electron chi connectivity index (χ3n) is 5.54. The molecule has 0 aliphatic rings. The summed E-state index contributed by atoms with van der Waals surface area (Å²) in [4.78, 5) is 17.0. The van der Waals surface area contributed by atoms with Crippen LogP contribution in [0.2, 0.25) is 0 Å². The van der Waals surface area contributed by atoms with Crippen molar-refractivity contribution in [3.63, 3.8) is 0 Å². The van der Waals surface area contributed by atoms with Gasteiger partial charge in [0.15, 0.2) is 0 Å². The Balaban J connectivity index is 1.49. The minimum atomic E-state index is 0.690. The maximum atomic E-state index is 5.30. The molecule has 8 nitrogen and oxygen atoms in total. The number of rotatable bonds is 4. The van der Waals surface area contributed by atoms with Gasteiger partial charge < -0.3 is 14.3 Å². The highest BCUT2D eigenvalue weighted by molar-refractivity contribution is 5.97. The normalized spacial score (nSPS) is 11.4. The molecule has 32 heavy (non-hydrogen) atoms. The predicted molar refractivity (Wildman–Crippen MR) is 123 cm³/mol. The SMILES string of the molecule is COc1cncc(-c2ccc3[nH]nc(-c4cc5c(-n6cnc(C)c6)cccc5[nH]4)c3n2)c1. The lowest BCUT2D eigenvalue weighted by atomic mass is 10.1. The van der Waals surface area contributed by atoms with Gasteiger partial charge in [0.25, 0.3) is 0 Å². The zero-order chi connectivity index (χ0) is 21.7. The molecule has 1 aromatic carbocycles. The standard InChI is InChI=1S/C24H19N7O/c1-14-12-31(13-26-14)22-5-3-4-19-17(22)9-21(27-19)24-23-20(29-30-24)7-6-18(28-23)15-8-16(32-2)11-25-10-15/h3-13,27H,1-2H3,(H,29,30). The van der Waals surface area contributed by atoms with E-state index in [0.29, 0.717) is 5.75 Å². The molecule has 156 valence electrons. The van der Waals surface area contributed by atoms with E-state index in [1.54, 1.807) is 19.5 Å². The number of imidazole rings is 1. The van der Waals surface area contributed by atoms with Crippen LogP contribution in [0.1, 0.15) is 5.69 Å². The molecule has 5 heterocycles. The van der Waals surface area contributed by atoms with Crippen molar-refractivity contribution in [3.05, 3.63) is 73.1 Å². The van der Waals surface area contributed by atoms with E-state index in [-0.39, 0.29) is 0 Å². The summed E-state index contributed by atoms with van der Waals surface area (Å²) in [5, 5.41) is 8.74. The van der Waals surface area contributed by atoms with E-state index in [9.17, 15) is 0 Å². The Morgan fingerprint density at radius 3 is 2.81 bits per heavy atom. The number of H-pyrrole nitrogens is 2. The fourth-order valence-corrected chi connectivity index (χ4v) is 3.96. The number of benzene rings is 1. The Kier molecular flexibility index (Phi) is 4.04. The first kappa shape index (κ1) is 18.3. The first-order chi connectivity index (χ1) is 15.7. The molecule has 0 unspecified atom stereocenters. The largest absolute Gasteiger partial charge is 0.495 e. The minimum absolute atomic E-state index is 0.690. The second-order valence-corrected chi connectivity index (χ2v) is 7.62. The summed E-state index contributed by atoms with van der Waals surface area (Å²) in [6.07, 6.45) is 7.30. The van der Waals surface area contributed by atoms with Gasteiger partial charge in [0.2, 0.25) is 0 Å². The van der Waals surface area contributed by atoms with Gasteiger partial charge in [0.1, 0.15) is 17.0 Å². The van der Waals surface area contributed by atoms with Gasteiger partial charge in [-0.05, 0) is 43.3 Å². The highest BCUT2D eigenvalue weighted by Crippen LogP contribution is 2.32. The fraction of sp³-hybridized carbons (Fsp3) is 0.0833. The first-order valence-electron chi connectivity index (χ1n) is 10.2. The average molecular weight is 421 g/mol. The number of hydrogen-bond donors (Lipinski definition) is 2. The van der Waals surface area contributed by atoms with Crippen molar-refractivity contribution >= 4 is 21.9 Å². The van der Waals surface area contributed by atoms with E-state index in [2.05, 4.69) is 43.3 Å². The molecule has 0 radical (unpaired) electrons. The number of nitrogens with zero attached hydrogens (tertiary/aromatic N) is 5. The zero-order valence-corrected chi connectivity index (χ0v) is 17.5. The number of aromatic amines is 2.